The third kappa shape index (κ3) is 2.68. The first-order chi connectivity index (χ1) is 10.4. The molecule has 3 rings (SSSR count). The van der Waals surface area contributed by atoms with Gasteiger partial charge < -0.3 is 15.7 Å². The van der Waals surface area contributed by atoms with Crippen LogP contribution >= 0.6 is 11.8 Å². The molecular weight excluding hydrogens is 304 g/mol. The molecule has 3 N–H and O–H groups in total. The van der Waals surface area contributed by atoms with Crippen molar-refractivity contribution in [3.63, 3.8) is 0 Å². The molecule has 22 heavy (non-hydrogen) atoms. The second-order valence-electron chi connectivity index (χ2n) is 5.78. The summed E-state index contributed by atoms with van der Waals surface area (Å²) in [7, 11) is 0. The lowest BCUT2D eigenvalue weighted by Crippen LogP contribution is -2.54. The van der Waals surface area contributed by atoms with Crippen molar-refractivity contribution in [3.05, 3.63) is 23.8 Å². The van der Waals surface area contributed by atoms with Crippen molar-refractivity contribution in [2.75, 3.05) is 11.1 Å². The molecule has 2 amide bonds. The van der Waals surface area contributed by atoms with Crippen LogP contribution in [0.2, 0.25) is 0 Å². The van der Waals surface area contributed by atoms with Gasteiger partial charge in [0.25, 0.3) is 5.91 Å². The normalized spacial score (nSPS) is 19.6. The summed E-state index contributed by atoms with van der Waals surface area (Å²) in [6.45, 7) is 1.54. The topological polar surface area (TPSA) is 95.5 Å². The van der Waals surface area contributed by atoms with Gasteiger partial charge in [0.2, 0.25) is 5.91 Å². The van der Waals surface area contributed by atoms with E-state index in [0.717, 1.165) is 17.7 Å². The van der Waals surface area contributed by atoms with Gasteiger partial charge in [0.05, 0.1) is 11.4 Å². The van der Waals surface area contributed by atoms with E-state index in [1.807, 2.05) is 0 Å². The van der Waals surface area contributed by atoms with Crippen molar-refractivity contribution in [2.45, 2.75) is 30.2 Å². The SMILES string of the molecule is CC(NC(=O)c1ccc2c(c1)NC(=O)CS2)(C(=O)O)C1CC1. The number of thioether (sulfide) groups is 1. The van der Waals surface area contributed by atoms with Crippen LogP contribution in [-0.4, -0.2) is 34.2 Å². The Morgan fingerprint density at radius 1 is 1.41 bits per heavy atom. The molecule has 0 saturated heterocycles. The quantitative estimate of drug-likeness (QED) is 0.785. The summed E-state index contributed by atoms with van der Waals surface area (Å²) < 4.78 is 0. The third-order valence-electron chi connectivity index (χ3n) is 4.09. The molecule has 1 unspecified atom stereocenters. The zero-order valence-corrected chi connectivity index (χ0v) is 12.8. The smallest absolute Gasteiger partial charge is 0.329 e. The second kappa shape index (κ2) is 5.31. The van der Waals surface area contributed by atoms with E-state index in [1.165, 1.54) is 11.8 Å². The summed E-state index contributed by atoms with van der Waals surface area (Å²) in [5, 5.41) is 14.7. The van der Waals surface area contributed by atoms with E-state index in [2.05, 4.69) is 10.6 Å². The number of benzene rings is 1. The molecule has 7 heteroatoms. The molecular formula is C15H16N2O4S. The number of rotatable bonds is 4. The maximum absolute atomic E-state index is 12.4. The Balaban J connectivity index is 1.82. The highest BCUT2D eigenvalue weighted by Crippen LogP contribution is 2.40. The second-order valence-corrected chi connectivity index (χ2v) is 6.80. The number of fused-ring (bicyclic) bond motifs is 1. The fourth-order valence-corrected chi connectivity index (χ4v) is 3.31. The molecule has 0 bridgehead atoms. The maximum Gasteiger partial charge on any atom is 0.329 e. The average Bonchev–Trinajstić information content (AvgIpc) is 3.31. The van der Waals surface area contributed by atoms with Crippen molar-refractivity contribution < 1.29 is 19.5 Å². The van der Waals surface area contributed by atoms with E-state index in [9.17, 15) is 19.5 Å². The van der Waals surface area contributed by atoms with Crippen molar-refractivity contribution in [1.29, 1.82) is 0 Å². The summed E-state index contributed by atoms with van der Waals surface area (Å²) in [6.07, 6.45) is 1.61. The van der Waals surface area contributed by atoms with Crippen LogP contribution < -0.4 is 10.6 Å². The summed E-state index contributed by atoms with van der Waals surface area (Å²) >= 11 is 1.41. The number of carboxylic acids is 1. The number of amides is 2. The molecule has 1 atom stereocenters. The van der Waals surface area contributed by atoms with Gasteiger partial charge in [-0.3, -0.25) is 9.59 Å². The Hall–Kier alpha value is -2.02. The molecule has 6 nitrogen and oxygen atoms in total. The van der Waals surface area contributed by atoms with Crippen LogP contribution in [0.15, 0.2) is 23.1 Å². The van der Waals surface area contributed by atoms with Crippen molar-refractivity contribution in [1.82, 2.24) is 5.32 Å². The molecule has 0 aromatic heterocycles. The van der Waals surface area contributed by atoms with E-state index in [1.54, 1.807) is 25.1 Å². The first kappa shape index (κ1) is 14.9. The predicted molar refractivity (Wildman–Crippen MR) is 82.0 cm³/mol. The van der Waals surface area contributed by atoms with E-state index in [4.69, 9.17) is 0 Å². The highest BCUT2D eigenvalue weighted by atomic mass is 32.2. The lowest BCUT2D eigenvalue weighted by Gasteiger charge is -2.26. The van der Waals surface area contributed by atoms with Crippen LogP contribution in [0.5, 0.6) is 0 Å². The van der Waals surface area contributed by atoms with Gasteiger partial charge in [0.1, 0.15) is 5.54 Å². The van der Waals surface area contributed by atoms with Crippen LogP contribution in [0.25, 0.3) is 0 Å². The summed E-state index contributed by atoms with van der Waals surface area (Å²) in [5.41, 5.74) is -0.308. The van der Waals surface area contributed by atoms with Gasteiger partial charge in [-0.1, -0.05) is 0 Å². The predicted octanol–water partition coefficient (Wildman–Crippen LogP) is 1.71. The molecule has 1 heterocycles. The molecule has 1 fully saturated rings. The van der Waals surface area contributed by atoms with E-state index >= 15 is 0 Å². The van der Waals surface area contributed by atoms with Crippen LogP contribution in [0.3, 0.4) is 0 Å². The lowest BCUT2D eigenvalue weighted by atomic mass is 9.95. The maximum atomic E-state index is 12.4. The van der Waals surface area contributed by atoms with Crippen molar-refractivity contribution in [3.8, 4) is 0 Å². The van der Waals surface area contributed by atoms with Gasteiger partial charge in [0, 0.05) is 10.5 Å². The fourth-order valence-electron chi connectivity index (χ4n) is 2.52. The Morgan fingerprint density at radius 2 is 2.14 bits per heavy atom. The third-order valence-corrected chi connectivity index (χ3v) is 5.16. The Kier molecular flexibility index (Phi) is 3.60. The summed E-state index contributed by atoms with van der Waals surface area (Å²) in [4.78, 5) is 36.2. The molecule has 1 aromatic carbocycles. The average molecular weight is 320 g/mol. The number of hydrogen-bond acceptors (Lipinski definition) is 4. The van der Waals surface area contributed by atoms with E-state index in [0.29, 0.717) is 17.0 Å². The van der Waals surface area contributed by atoms with Gasteiger partial charge in [-0.25, -0.2) is 4.79 Å². The fraction of sp³-hybridized carbons (Fsp3) is 0.400. The molecule has 2 aliphatic rings. The van der Waals surface area contributed by atoms with Crippen molar-refractivity contribution in [2.24, 2.45) is 5.92 Å². The minimum Gasteiger partial charge on any atom is -0.480 e. The number of nitrogens with one attached hydrogen (secondary N) is 2. The Bertz CT molecular complexity index is 672. The molecule has 116 valence electrons. The molecule has 0 spiro atoms. The largest absolute Gasteiger partial charge is 0.480 e. The highest BCUT2D eigenvalue weighted by Gasteiger charge is 2.48. The number of aliphatic carboxylic acids is 1. The van der Waals surface area contributed by atoms with Gasteiger partial charge in [0.15, 0.2) is 0 Å². The standard InChI is InChI=1S/C15H16N2O4S/c1-15(14(20)21,9-3-4-9)17-13(19)8-2-5-11-10(6-8)16-12(18)7-22-11/h2,5-6,9H,3-4,7H2,1H3,(H,16,18)(H,17,19)(H,20,21). The highest BCUT2D eigenvalue weighted by molar-refractivity contribution is 8.00. The molecule has 0 radical (unpaired) electrons. The summed E-state index contributed by atoms with van der Waals surface area (Å²) in [5.74, 6) is -1.24. The van der Waals surface area contributed by atoms with Gasteiger partial charge in [-0.05, 0) is 43.9 Å². The lowest BCUT2D eigenvalue weighted by molar-refractivity contribution is -0.144. The van der Waals surface area contributed by atoms with Crippen LogP contribution in [-0.2, 0) is 9.59 Å². The van der Waals surface area contributed by atoms with E-state index in [-0.39, 0.29) is 11.8 Å². The number of anilines is 1. The van der Waals surface area contributed by atoms with Crippen LogP contribution in [0.1, 0.15) is 30.1 Å². The number of carbonyl (C=O) groups excluding carboxylic acids is 2. The molecule has 1 saturated carbocycles. The number of hydrogen-bond donors (Lipinski definition) is 3. The monoisotopic (exact) mass is 320 g/mol. The van der Waals surface area contributed by atoms with Gasteiger partial charge in [-0.2, -0.15) is 0 Å². The van der Waals surface area contributed by atoms with Crippen molar-refractivity contribution >= 4 is 35.2 Å². The molecule has 1 aliphatic heterocycles. The molecule has 1 aliphatic carbocycles. The Morgan fingerprint density at radius 3 is 2.77 bits per heavy atom. The minimum absolute atomic E-state index is 0.0261. The zero-order valence-electron chi connectivity index (χ0n) is 12.0. The van der Waals surface area contributed by atoms with Gasteiger partial charge >= 0.3 is 5.97 Å². The van der Waals surface area contributed by atoms with Gasteiger partial charge in [-0.15, -0.1) is 11.8 Å². The first-order valence-corrected chi connectivity index (χ1v) is 8.01. The zero-order chi connectivity index (χ0) is 15.9. The first-order valence-electron chi connectivity index (χ1n) is 7.03. The molecule has 1 aromatic rings. The number of carbonyl (C=O) groups is 3. The Labute approximate surface area is 131 Å². The summed E-state index contributed by atoms with van der Waals surface area (Å²) in [6, 6.07) is 5.00. The van der Waals surface area contributed by atoms with E-state index < -0.39 is 17.4 Å². The number of carboxylic acid groups (broad SMARTS) is 1. The van der Waals surface area contributed by atoms with Crippen LogP contribution in [0, 0.1) is 5.92 Å². The minimum atomic E-state index is -1.25. The van der Waals surface area contributed by atoms with Crippen LogP contribution in [0.4, 0.5) is 5.69 Å².